The molecule has 2 aromatic rings. The molecule has 2 amide bonds. The van der Waals surface area contributed by atoms with Crippen molar-refractivity contribution in [3.05, 3.63) is 57.8 Å². The molecule has 126 valence electrons. The number of nitrogens with one attached hydrogen (secondary N) is 2. The largest absolute Gasteiger partial charge is 0.326 e. The van der Waals surface area contributed by atoms with Gasteiger partial charge in [-0.2, -0.15) is 0 Å². The maximum Gasteiger partial charge on any atom is 0.224 e. The van der Waals surface area contributed by atoms with Gasteiger partial charge in [-0.15, -0.1) is 0 Å². The van der Waals surface area contributed by atoms with Gasteiger partial charge in [0.2, 0.25) is 11.8 Å². The Balaban J connectivity index is 2.00. The van der Waals surface area contributed by atoms with Gasteiger partial charge in [-0.25, -0.2) is 4.39 Å². The van der Waals surface area contributed by atoms with Crippen LogP contribution < -0.4 is 10.6 Å². The van der Waals surface area contributed by atoms with Crippen molar-refractivity contribution in [3.8, 4) is 0 Å². The van der Waals surface area contributed by atoms with Crippen LogP contribution in [0.15, 0.2) is 40.9 Å². The third-order valence-corrected chi connectivity index (χ3v) is 3.96. The number of hydrogen-bond donors (Lipinski definition) is 2. The molecule has 0 atom stereocenters. The summed E-state index contributed by atoms with van der Waals surface area (Å²) in [5.41, 5.74) is 2.62. The normalized spacial score (nSPS) is 10.3. The van der Waals surface area contributed by atoms with E-state index in [1.165, 1.54) is 13.0 Å². The number of aryl methyl sites for hydroxylation is 2. The molecule has 0 aliphatic rings. The average Bonchev–Trinajstić information content (AvgIpc) is 2.49. The van der Waals surface area contributed by atoms with Crippen molar-refractivity contribution in [2.45, 2.75) is 26.7 Å². The van der Waals surface area contributed by atoms with E-state index in [4.69, 9.17) is 0 Å². The van der Waals surface area contributed by atoms with Crippen molar-refractivity contribution in [2.24, 2.45) is 0 Å². The number of rotatable bonds is 5. The number of halogens is 2. The number of anilines is 2. The van der Waals surface area contributed by atoms with Crippen LogP contribution in [0.5, 0.6) is 0 Å². The quantitative estimate of drug-likeness (QED) is 0.790. The van der Waals surface area contributed by atoms with Gasteiger partial charge in [-0.05, 0) is 48.7 Å². The van der Waals surface area contributed by atoms with E-state index in [1.807, 2.05) is 13.0 Å². The van der Waals surface area contributed by atoms with Crippen molar-refractivity contribution in [2.75, 3.05) is 10.6 Å². The van der Waals surface area contributed by atoms with Gasteiger partial charge in [0.05, 0.1) is 0 Å². The first-order chi connectivity index (χ1) is 11.3. The molecule has 4 nitrogen and oxygen atoms in total. The molecule has 6 heteroatoms. The van der Waals surface area contributed by atoms with Gasteiger partial charge in [0.25, 0.3) is 0 Å². The van der Waals surface area contributed by atoms with E-state index in [1.54, 1.807) is 24.3 Å². The molecule has 0 saturated carbocycles. The number of carbonyl (C=O) groups excluding carboxylic acids is 2. The van der Waals surface area contributed by atoms with Crippen molar-refractivity contribution in [1.82, 2.24) is 0 Å². The lowest BCUT2D eigenvalue weighted by molar-refractivity contribution is -0.116. The van der Waals surface area contributed by atoms with Crippen LogP contribution in [-0.4, -0.2) is 11.8 Å². The van der Waals surface area contributed by atoms with Crippen molar-refractivity contribution in [1.29, 1.82) is 0 Å². The SMILES string of the molecule is CC(=O)Nc1ccc(C)c(NC(=O)CCc2ccc(Br)cc2F)c1. The van der Waals surface area contributed by atoms with Gasteiger partial charge in [0, 0.05) is 29.2 Å². The molecular formula is C18H18BrFN2O2. The van der Waals surface area contributed by atoms with Crippen molar-refractivity contribution in [3.63, 3.8) is 0 Å². The second-order valence-corrected chi connectivity index (χ2v) is 6.41. The molecular weight excluding hydrogens is 375 g/mol. The molecule has 0 aliphatic carbocycles. The molecule has 0 fully saturated rings. The Morgan fingerprint density at radius 3 is 2.54 bits per heavy atom. The fourth-order valence-corrected chi connectivity index (χ4v) is 2.56. The van der Waals surface area contributed by atoms with Crippen LogP contribution in [0.25, 0.3) is 0 Å². The first-order valence-electron chi connectivity index (χ1n) is 7.47. The zero-order valence-corrected chi connectivity index (χ0v) is 15.0. The number of carbonyl (C=O) groups is 2. The molecule has 2 rings (SSSR count). The number of benzene rings is 2. The summed E-state index contributed by atoms with van der Waals surface area (Å²) in [5.74, 6) is -0.719. The van der Waals surface area contributed by atoms with Crippen LogP contribution in [0.2, 0.25) is 0 Å². The molecule has 2 aromatic carbocycles. The second kappa shape index (κ2) is 8.06. The maximum atomic E-state index is 13.8. The molecule has 0 radical (unpaired) electrons. The van der Waals surface area contributed by atoms with Gasteiger partial charge in [-0.3, -0.25) is 9.59 Å². The van der Waals surface area contributed by atoms with E-state index in [2.05, 4.69) is 26.6 Å². The lowest BCUT2D eigenvalue weighted by Crippen LogP contribution is -2.14. The molecule has 0 spiro atoms. The first-order valence-corrected chi connectivity index (χ1v) is 8.26. The summed E-state index contributed by atoms with van der Waals surface area (Å²) in [7, 11) is 0. The van der Waals surface area contributed by atoms with E-state index >= 15 is 0 Å². The number of hydrogen-bond acceptors (Lipinski definition) is 2. The first kappa shape index (κ1) is 18.1. The average molecular weight is 393 g/mol. The fraction of sp³-hybridized carbons (Fsp3) is 0.222. The highest BCUT2D eigenvalue weighted by Crippen LogP contribution is 2.21. The Bertz CT molecular complexity index is 778. The predicted molar refractivity (Wildman–Crippen MR) is 96.5 cm³/mol. The van der Waals surface area contributed by atoms with Gasteiger partial charge in [0.1, 0.15) is 5.82 Å². The van der Waals surface area contributed by atoms with Crippen LogP contribution in [0.4, 0.5) is 15.8 Å². The topological polar surface area (TPSA) is 58.2 Å². The lowest BCUT2D eigenvalue weighted by Gasteiger charge is -2.11. The Morgan fingerprint density at radius 2 is 1.88 bits per heavy atom. The molecule has 0 heterocycles. The van der Waals surface area contributed by atoms with Crippen LogP contribution in [0, 0.1) is 12.7 Å². The predicted octanol–water partition coefficient (Wildman–Crippen LogP) is 4.43. The Hall–Kier alpha value is -2.21. The molecule has 2 N–H and O–H groups in total. The smallest absolute Gasteiger partial charge is 0.224 e. The van der Waals surface area contributed by atoms with Gasteiger partial charge in [0.15, 0.2) is 0 Å². The highest BCUT2D eigenvalue weighted by Gasteiger charge is 2.09. The Morgan fingerprint density at radius 1 is 1.12 bits per heavy atom. The van der Waals surface area contributed by atoms with Gasteiger partial charge in [-0.1, -0.05) is 28.1 Å². The maximum absolute atomic E-state index is 13.8. The van der Waals surface area contributed by atoms with Crippen LogP contribution >= 0.6 is 15.9 Å². The minimum Gasteiger partial charge on any atom is -0.326 e. The summed E-state index contributed by atoms with van der Waals surface area (Å²) in [6, 6.07) is 10.1. The highest BCUT2D eigenvalue weighted by atomic mass is 79.9. The minimum absolute atomic E-state index is 0.169. The van der Waals surface area contributed by atoms with Crippen LogP contribution in [0.3, 0.4) is 0 Å². The summed E-state index contributed by atoms with van der Waals surface area (Å²) in [6.45, 7) is 3.28. The fourth-order valence-electron chi connectivity index (χ4n) is 2.22. The summed E-state index contributed by atoms with van der Waals surface area (Å²) < 4.78 is 14.4. The zero-order chi connectivity index (χ0) is 17.7. The van der Waals surface area contributed by atoms with Crippen molar-refractivity contribution >= 4 is 39.1 Å². The Kier molecular flexibility index (Phi) is 6.09. The molecule has 0 aromatic heterocycles. The molecule has 0 unspecified atom stereocenters. The van der Waals surface area contributed by atoms with Crippen molar-refractivity contribution < 1.29 is 14.0 Å². The van der Waals surface area contributed by atoms with E-state index in [9.17, 15) is 14.0 Å². The summed E-state index contributed by atoms with van der Waals surface area (Å²) in [5, 5.41) is 5.47. The monoisotopic (exact) mass is 392 g/mol. The van der Waals surface area contributed by atoms with E-state index in [-0.39, 0.29) is 24.1 Å². The summed E-state index contributed by atoms with van der Waals surface area (Å²) in [6.07, 6.45) is 0.484. The lowest BCUT2D eigenvalue weighted by atomic mass is 10.1. The van der Waals surface area contributed by atoms with E-state index in [0.717, 1.165) is 5.56 Å². The summed E-state index contributed by atoms with van der Waals surface area (Å²) >= 11 is 3.20. The molecule has 0 saturated heterocycles. The molecule has 24 heavy (non-hydrogen) atoms. The molecule has 0 aliphatic heterocycles. The van der Waals surface area contributed by atoms with Crippen LogP contribution in [0.1, 0.15) is 24.5 Å². The standard InChI is InChI=1S/C18H18BrFN2O2/c1-11-3-7-15(21-12(2)23)10-17(11)22-18(24)8-5-13-4-6-14(19)9-16(13)20/h3-4,6-7,9-10H,5,8H2,1-2H3,(H,21,23)(H,22,24). The molecule has 0 bridgehead atoms. The van der Waals surface area contributed by atoms with E-state index < -0.39 is 0 Å². The van der Waals surface area contributed by atoms with Gasteiger partial charge < -0.3 is 10.6 Å². The highest BCUT2D eigenvalue weighted by molar-refractivity contribution is 9.10. The third kappa shape index (κ3) is 5.16. The van der Waals surface area contributed by atoms with E-state index in [0.29, 0.717) is 27.8 Å². The Labute approximate surface area is 148 Å². The van der Waals surface area contributed by atoms with Gasteiger partial charge >= 0.3 is 0 Å². The van der Waals surface area contributed by atoms with Crippen LogP contribution in [-0.2, 0) is 16.0 Å². The zero-order valence-electron chi connectivity index (χ0n) is 13.5. The second-order valence-electron chi connectivity index (χ2n) is 5.49. The summed E-state index contributed by atoms with van der Waals surface area (Å²) in [4.78, 5) is 23.2. The minimum atomic E-state index is -0.332. The number of amides is 2. The third-order valence-electron chi connectivity index (χ3n) is 3.47.